The minimum absolute atomic E-state index is 0.203. The fourth-order valence-electron chi connectivity index (χ4n) is 2.21. The molecule has 0 aliphatic carbocycles. The first-order chi connectivity index (χ1) is 9.15. The van der Waals surface area contributed by atoms with Gasteiger partial charge in [0.25, 0.3) is 0 Å². The first-order valence-corrected chi connectivity index (χ1v) is 6.39. The molecule has 4 heteroatoms. The lowest BCUT2D eigenvalue weighted by molar-refractivity contribution is 0.599. The van der Waals surface area contributed by atoms with Crippen LogP contribution in [0.25, 0.3) is 11.0 Å². The van der Waals surface area contributed by atoms with Crippen molar-refractivity contribution in [3.63, 3.8) is 0 Å². The maximum Gasteiger partial charge on any atom is 0.128 e. The summed E-state index contributed by atoms with van der Waals surface area (Å²) in [5, 5.41) is 0.655. The summed E-state index contributed by atoms with van der Waals surface area (Å²) in [7, 11) is 0. The van der Waals surface area contributed by atoms with Gasteiger partial charge in [0.1, 0.15) is 11.6 Å². The van der Waals surface area contributed by atoms with Gasteiger partial charge in [0.15, 0.2) is 0 Å². The second-order valence-corrected chi connectivity index (χ2v) is 4.91. The number of benzene rings is 2. The van der Waals surface area contributed by atoms with Crippen molar-refractivity contribution >= 4 is 22.6 Å². The van der Waals surface area contributed by atoms with Gasteiger partial charge in [-0.25, -0.2) is 9.37 Å². The van der Waals surface area contributed by atoms with E-state index < -0.39 is 0 Å². The average Bonchev–Trinajstić information content (AvgIpc) is 2.69. The molecule has 96 valence electrons. The van der Waals surface area contributed by atoms with Crippen LogP contribution in [-0.2, 0) is 6.54 Å². The van der Waals surface area contributed by atoms with Crippen LogP contribution in [0, 0.1) is 12.7 Å². The molecule has 0 saturated heterocycles. The third-order valence-electron chi connectivity index (χ3n) is 3.19. The predicted molar refractivity (Wildman–Crippen MR) is 75.0 cm³/mol. The van der Waals surface area contributed by atoms with Crippen LogP contribution in [0.2, 0.25) is 5.02 Å². The lowest BCUT2D eigenvalue weighted by Gasteiger charge is -2.08. The van der Waals surface area contributed by atoms with E-state index in [0.29, 0.717) is 17.1 Å². The van der Waals surface area contributed by atoms with Gasteiger partial charge >= 0.3 is 0 Å². The van der Waals surface area contributed by atoms with Crippen LogP contribution < -0.4 is 0 Å². The Hall–Kier alpha value is -1.87. The van der Waals surface area contributed by atoms with Crippen molar-refractivity contribution in [2.75, 3.05) is 0 Å². The summed E-state index contributed by atoms with van der Waals surface area (Å²) in [6.45, 7) is 2.37. The van der Waals surface area contributed by atoms with E-state index in [1.54, 1.807) is 12.1 Å². The minimum atomic E-state index is -0.203. The summed E-state index contributed by atoms with van der Waals surface area (Å²) in [4.78, 5) is 4.46. The number of fused-ring (bicyclic) bond motifs is 1. The zero-order valence-electron chi connectivity index (χ0n) is 10.4. The fourth-order valence-corrected chi connectivity index (χ4v) is 2.38. The van der Waals surface area contributed by atoms with Crippen LogP contribution in [0.15, 0.2) is 42.5 Å². The smallest absolute Gasteiger partial charge is 0.128 e. The van der Waals surface area contributed by atoms with E-state index in [4.69, 9.17) is 11.6 Å². The Labute approximate surface area is 115 Å². The van der Waals surface area contributed by atoms with Gasteiger partial charge < -0.3 is 4.57 Å². The van der Waals surface area contributed by atoms with E-state index in [1.807, 2.05) is 35.8 Å². The quantitative estimate of drug-likeness (QED) is 0.685. The maximum atomic E-state index is 13.7. The molecule has 1 aromatic heterocycles. The van der Waals surface area contributed by atoms with Crippen LogP contribution in [0.4, 0.5) is 4.39 Å². The number of aromatic nitrogens is 2. The molecular formula is C15H12ClFN2. The predicted octanol–water partition coefficient (Wildman–Crippen LogP) is 4.19. The third kappa shape index (κ3) is 2.22. The minimum Gasteiger partial charge on any atom is -0.324 e. The largest absolute Gasteiger partial charge is 0.324 e. The average molecular weight is 275 g/mol. The topological polar surface area (TPSA) is 17.8 Å². The Morgan fingerprint density at radius 3 is 2.79 bits per heavy atom. The molecule has 0 atom stereocenters. The summed E-state index contributed by atoms with van der Waals surface area (Å²) < 4.78 is 15.7. The first kappa shape index (κ1) is 12.2. The van der Waals surface area contributed by atoms with Crippen LogP contribution in [0.1, 0.15) is 11.4 Å². The van der Waals surface area contributed by atoms with Gasteiger partial charge in [-0.3, -0.25) is 0 Å². The molecule has 0 fully saturated rings. The number of hydrogen-bond donors (Lipinski definition) is 0. The molecule has 3 aromatic rings. The van der Waals surface area contributed by atoms with E-state index in [-0.39, 0.29) is 5.82 Å². The standard InChI is InChI=1S/C15H12ClFN2/c1-10-18-14-7-6-12(16)8-15(14)19(10)9-11-4-2-3-5-13(11)17/h2-8H,9H2,1H3. The number of hydrogen-bond acceptors (Lipinski definition) is 1. The van der Waals surface area contributed by atoms with Crippen molar-refractivity contribution in [3.8, 4) is 0 Å². The van der Waals surface area contributed by atoms with E-state index >= 15 is 0 Å². The lowest BCUT2D eigenvalue weighted by atomic mass is 10.2. The third-order valence-corrected chi connectivity index (χ3v) is 3.42. The molecule has 0 radical (unpaired) electrons. The number of rotatable bonds is 2. The number of aryl methyl sites for hydroxylation is 1. The van der Waals surface area contributed by atoms with Gasteiger partial charge in [0.05, 0.1) is 17.6 Å². The van der Waals surface area contributed by atoms with E-state index in [1.165, 1.54) is 6.07 Å². The molecule has 2 aromatic carbocycles. The first-order valence-electron chi connectivity index (χ1n) is 6.01. The summed E-state index contributed by atoms with van der Waals surface area (Å²) in [5.74, 6) is 0.645. The van der Waals surface area contributed by atoms with Crippen molar-refractivity contribution in [2.45, 2.75) is 13.5 Å². The van der Waals surface area contributed by atoms with Gasteiger partial charge in [0.2, 0.25) is 0 Å². The molecule has 0 spiro atoms. The molecule has 19 heavy (non-hydrogen) atoms. The van der Waals surface area contributed by atoms with E-state index in [9.17, 15) is 4.39 Å². The summed E-state index contributed by atoms with van der Waals surface area (Å²) in [6.07, 6.45) is 0. The Morgan fingerprint density at radius 2 is 2.00 bits per heavy atom. The van der Waals surface area contributed by atoms with Gasteiger partial charge in [-0.05, 0) is 31.2 Å². The molecule has 0 aliphatic rings. The highest BCUT2D eigenvalue weighted by Gasteiger charge is 2.10. The van der Waals surface area contributed by atoms with Crippen LogP contribution >= 0.6 is 11.6 Å². The van der Waals surface area contributed by atoms with Crippen molar-refractivity contribution in [3.05, 3.63) is 64.7 Å². The number of imidazole rings is 1. The zero-order chi connectivity index (χ0) is 13.4. The van der Waals surface area contributed by atoms with Crippen molar-refractivity contribution < 1.29 is 4.39 Å². The molecule has 0 saturated carbocycles. The Bertz CT molecular complexity index is 749. The summed E-state index contributed by atoms with van der Waals surface area (Å²) in [5.41, 5.74) is 2.44. The van der Waals surface area contributed by atoms with Gasteiger partial charge in [-0.1, -0.05) is 29.8 Å². The van der Waals surface area contributed by atoms with E-state index in [0.717, 1.165) is 16.9 Å². The van der Waals surface area contributed by atoms with Crippen molar-refractivity contribution in [2.24, 2.45) is 0 Å². The van der Waals surface area contributed by atoms with Crippen LogP contribution in [0.3, 0.4) is 0 Å². The van der Waals surface area contributed by atoms with Gasteiger partial charge in [-0.15, -0.1) is 0 Å². The number of halogens is 2. The molecule has 2 nitrogen and oxygen atoms in total. The molecule has 0 bridgehead atoms. The Balaban J connectivity index is 2.12. The molecule has 1 heterocycles. The fraction of sp³-hybridized carbons (Fsp3) is 0.133. The molecule has 0 aliphatic heterocycles. The summed E-state index contributed by atoms with van der Waals surface area (Å²) in [6, 6.07) is 12.3. The SMILES string of the molecule is Cc1nc2ccc(Cl)cc2n1Cc1ccccc1F. The molecule has 0 N–H and O–H groups in total. The molecule has 0 unspecified atom stereocenters. The monoisotopic (exact) mass is 274 g/mol. The Kier molecular flexibility index (Phi) is 2.99. The highest BCUT2D eigenvalue weighted by molar-refractivity contribution is 6.31. The molecule has 0 amide bonds. The second-order valence-electron chi connectivity index (χ2n) is 4.47. The van der Waals surface area contributed by atoms with Crippen LogP contribution in [0.5, 0.6) is 0 Å². The van der Waals surface area contributed by atoms with E-state index in [2.05, 4.69) is 4.98 Å². The molecular weight excluding hydrogens is 263 g/mol. The highest BCUT2D eigenvalue weighted by Crippen LogP contribution is 2.22. The molecule has 3 rings (SSSR count). The summed E-state index contributed by atoms with van der Waals surface area (Å²) >= 11 is 6.02. The second kappa shape index (κ2) is 4.67. The zero-order valence-corrected chi connectivity index (χ0v) is 11.2. The Morgan fingerprint density at radius 1 is 1.21 bits per heavy atom. The highest BCUT2D eigenvalue weighted by atomic mass is 35.5. The maximum absolute atomic E-state index is 13.7. The van der Waals surface area contributed by atoms with Crippen molar-refractivity contribution in [1.29, 1.82) is 0 Å². The van der Waals surface area contributed by atoms with Gasteiger partial charge in [-0.2, -0.15) is 0 Å². The van der Waals surface area contributed by atoms with Gasteiger partial charge in [0, 0.05) is 10.6 Å². The lowest BCUT2D eigenvalue weighted by Crippen LogP contribution is -2.03. The van der Waals surface area contributed by atoms with Crippen LogP contribution in [-0.4, -0.2) is 9.55 Å². The normalized spacial score (nSPS) is 11.1. The van der Waals surface area contributed by atoms with Crippen molar-refractivity contribution in [1.82, 2.24) is 9.55 Å². The number of nitrogens with zero attached hydrogens (tertiary/aromatic N) is 2.